The Hall–Kier alpha value is -2.40. The van der Waals surface area contributed by atoms with Crippen molar-refractivity contribution in [1.82, 2.24) is 0 Å². The fraction of sp³-hybridized carbons (Fsp3) is 0.133. The van der Waals surface area contributed by atoms with E-state index >= 15 is 0 Å². The molecule has 0 N–H and O–H groups in total. The van der Waals surface area contributed by atoms with E-state index in [2.05, 4.69) is 0 Å². The van der Waals surface area contributed by atoms with Gasteiger partial charge in [0.2, 0.25) is 0 Å². The summed E-state index contributed by atoms with van der Waals surface area (Å²) in [6, 6.07) is 5.53. The summed E-state index contributed by atoms with van der Waals surface area (Å²) >= 11 is 18.0. The molecule has 0 aliphatic carbocycles. The number of hydrogen-bond donors (Lipinski definition) is 0. The lowest BCUT2D eigenvalue weighted by Gasteiger charge is -2.12. The first-order chi connectivity index (χ1) is 11.7. The fourth-order valence-electron chi connectivity index (χ4n) is 2.38. The summed E-state index contributed by atoms with van der Waals surface area (Å²) in [4.78, 5) is 20.9. The van der Waals surface area contributed by atoms with Gasteiger partial charge in [-0.3, -0.25) is 20.2 Å². The van der Waals surface area contributed by atoms with Crippen LogP contribution in [0, 0.1) is 38.5 Å². The van der Waals surface area contributed by atoms with E-state index in [1.54, 1.807) is 0 Å². The maximum atomic E-state index is 11.4. The topological polar surface area (TPSA) is 110 Å². The summed E-state index contributed by atoms with van der Waals surface area (Å²) < 4.78 is 0. The Kier molecular flexibility index (Phi) is 5.48. The van der Waals surface area contributed by atoms with Gasteiger partial charge in [-0.25, -0.2) is 0 Å². The van der Waals surface area contributed by atoms with E-state index in [0.717, 1.165) is 6.07 Å². The number of rotatable bonds is 4. The average Bonchev–Trinajstić information content (AvgIpc) is 2.52. The molecule has 0 aliphatic heterocycles. The smallest absolute Gasteiger partial charge is 0.258 e. The maximum Gasteiger partial charge on any atom is 0.295 e. The van der Waals surface area contributed by atoms with Crippen LogP contribution in [0.5, 0.6) is 0 Å². The van der Waals surface area contributed by atoms with Crippen molar-refractivity contribution in [2.75, 3.05) is 0 Å². The molecule has 128 valence electrons. The van der Waals surface area contributed by atoms with Gasteiger partial charge >= 0.3 is 0 Å². The largest absolute Gasteiger partial charge is 0.295 e. The van der Waals surface area contributed by atoms with Gasteiger partial charge in [-0.1, -0.05) is 34.8 Å². The summed E-state index contributed by atoms with van der Waals surface area (Å²) in [7, 11) is 0. The van der Waals surface area contributed by atoms with Crippen LogP contribution in [0.1, 0.15) is 22.3 Å². The molecule has 0 fully saturated rings. The third kappa shape index (κ3) is 3.66. The van der Waals surface area contributed by atoms with Gasteiger partial charge in [0.15, 0.2) is 0 Å². The van der Waals surface area contributed by atoms with Gasteiger partial charge in [0, 0.05) is 22.0 Å². The first kappa shape index (κ1) is 18.9. The lowest BCUT2D eigenvalue weighted by molar-refractivity contribution is -0.394. The number of nitrogens with zero attached hydrogens (tertiary/aromatic N) is 3. The summed E-state index contributed by atoms with van der Waals surface area (Å²) in [6.07, 6.45) is -0.0985. The Morgan fingerprint density at radius 2 is 1.64 bits per heavy atom. The minimum atomic E-state index is -0.790. The molecular weight excluding hydrogens is 393 g/mol. The Balaban J connectivity index is 2.73. The Bertz CT molecular complexity index is 954. The van der Waals surface area contributed by atoms with Crippen molar-refractivity contribution in [3.63, 3.8) is 0 Å². The molecule has 2 aromatic carbocycles. The van der Waals surface area contributed by atoms with Crippen LogP contribution in [0.25, 0.3) is 0 Å². The molecule has 25 heavy (non-hydrogen) atoms. The molecule has 0 amide bonds. The zero-order valence-corrected chi connectivity index (χ0v) is 14.8. The number of nitro groups is 2. The van der Waals surface area contributed by atoms with Gasteiger partial charge in [0.1, 0.15) is 5.02 Å². The predicted octanol–water partition coefficient (Wildman–Crippen LogP) is 5.23. The first-order valence-electron chi connectivity index (χ1n) is 6.66. The second kappa shape index (κ2) is 7.23. The summed E-state index contributed by atoms with van der Waals surface area (Å²) in [5.74, 6) is 0. The highest BCUT2D eigenvalue weighted by atomic mass is 35.5. The molecule has 0 spiro atoms. The van der Waals surface area contributed by atoms with Gasteiger partial charge in [-0.05, 0) is 30.2 Å². The van der Waals surface area contributed by atoms with Crippen molar-refractivity contribution in [2.45, 2.75) is 13.3 Å². The van der Waals surface area contributed by atoms with Crippen molar-refractivity contribution in [2.24, 2.45) is 0 Å². The standard InChI is InChI=1S/C15H8Cl3N3O4/c1-7-10(4-11-8(6-19)2-9(16)3-12(11)17)13(20(22)23)5-14(15(7)18)21(24)25/h2-3,5H,4H2,1H3. The van der Waals surface area contributed by atoms with E-state index < -0.39 is 21.2 Å². The summed E-state index contributed by atoms with van der Waals surface area (Å²) in [6.45, 7) is 1.44. The number of benzene rings is 2. The Morgan fingerprint density at radius 1 is 1.04 bits per heavy atom. The molecule has 2 aromatic rings. The molecule has 0 bridgehead atoms. The second-order valence-electron chi connectivity index (χ2n) is 5.05. The molecule has 0 aromatic heterocycles. The molecule has 7 nitrogen and oxygen atoms in total. The monoisotopic (exact) mass is 399 g/mol. The molecular formula is C15H8Cl3N3O4. The Morgan fingerprint density at radius 3 is 2.16 bits per heavy atom. The fourth-order valence-corrected chi connectivity index (χ4v) is 3.17. The van der Waals surface area contributed by atoms with Crippen LogP contribution in [0.15, 0.2) is 18.2 Å². The zero-order chi connectivity index (χ0) is 18.9. The van der Waals surface area contributed by atoms with Gasteiger partial charge < -0.3 is 0 Å². The van der Waals surface area contributed by atoms with Crippen LogP contribution in [0.2, 0.25) is 15.1 Å². The molecule has 0 atom stereocenters. The van der Waals surface area contributed by atoms with Crippen molar-refractivity contribution < 1.29 is 9.85 Å². The molecule has 0 aliphatic rings. The molecule has 0 saturated heterocycles. The van der Waals surface area contributed by atoms with Crippen LogP contribution < -0.4 is 0 Å². The van der Waals surface area contributed by atoms with Gasteiger partial charge in [0.25, 0.3) is 11.4 Å². The normalized spacial score (nSPS) is 10.4. The minimum absolute atomic E-state index is 0.0985. The lowest BCUT2D eigenvalue weighted by atomic mass is 9.95. The highest BCUT2D eigenvalue weighted by Gasteiger charge is 2.28. The van der Waals surface area contributed by atoms with Crippen molar-refractivity contribution in [3.05, 3.63) is 75.7 Å². The summed E-state index contributed by atoms with van der Waals surface area (Å²) in [5.41, 5.74) is -0.231. The van der Waals surface area contributed by atoms with Gasteiger partial charge in [0.05, 0.1) is 27.5 Å². The lowest BCUT2D eigenvalue weighted by Crippen LogP contribution is -2.04. The SMILES string of the molecule is Cc1c(Cl)c([N+](=O)[O-])cc([N+](=O)[O-])c1Cc1c(Cl)cc(Cl)cc1C#N. The minimum Gasteiger partial charge on any atom is -0.258 e. The molecule has 2 rings (SSSR count). The Labute approximate surface area is 156 Å². The van der Waals surface area contributed by atoms with E-state index in [1.165, 1.54) is 19.1 Å². The van der Waals surface area contributed by atoms with Crippen molar-refractivity contribution in [1.29, 1.82) is 5.26 Å². The third-order valence-electron chi connectivity index (χ3n) is 3.62. The zero-order valence-electron chi connectivity index (χ0n) is 12.5. The number of halogens is 3. The van der Waals surface area contributed by atoms with Crippen LogP contribution >= 0.6 is 34.8 Å². The summed E-state index contributed by atoms with van der Waals surface area (Å²) in [5, 5.41) is 31.9. The van der Waals surface area contributed by atoms with Crippen LogP contribution in [0.4, 0.5) is 11.4 Å². The van der Waals surface area contributed by atoms with E-state index in [4.69, 9.17) is 34.8 Å². The van der Waals surface area contributed by atoms with Crippen LogP contribution in [-0.2, 0) is 6.42 Å². The van der Waals surface area contributed by atoms with Crippen LogP contribution in [-0.4, -0.2) is 9.85 Å². The van der Waals surface area contributed by atoms with Gasteiger partial charge in [-0.15, -0.1) is 0 Å². The van der Waals surface area contributed by atoms with E-state index in [0.29, 0.717) is 5.56 Å². The van der Waals surface area contributed by atoms with Gasteiger partial charge in [-0.2, -0.15) is 5.26 Å². The van der Waals surface area contributed by atoms with Crippen molar-refractivity contribution in [3.8, 4) is 6.07 Å². The van der Waals surface area contributed by atoms with E-state index in [1.807, 2.05) is 6.07 Å². The molecule has 0 radical (unpaired) electrons. The first-order valence-corrected chi connectivity index (χ1v) is 7.79. The highest BCUT2D eigenvalue weighted by Crippen LogP contribution is 2.39. The molecule has 0 unspecified atom stereocenters. The number of nitro benzene ring substituents is 2. The highest BCUT2D eigenvalue weighted by molar-refractivity contribution is 6.35. The van der Waals surface area contributed by atoms with E-state index in [-0.39, 0.29) is 38.2 Å². The molecule has 0 saturated carbocycles. The third-order valence-corrected chi connectivity index (χ3v) is 4.65. The molecule has 10 heteroatoms. The van der Waals surface area contributed by atoms with Crippen LogP contribution in [0.3, 0.4) is 0 Å². The maximum absolute atomic E-state index is 11.4. The molecule has 0 heterocycles. The number of hydrogen-bond acceptors (Lipinski definition) is 5. The second-order valence-corrected chi connectivity index (χ2v) is 6.27. The number of nitriles is 1. The van der Waals surface area contributed by atoms with E-state index in [9.17, 15) is 25.5 Å². The van der Waals surface area contributed by atoms with Crippen molar-refractivity contribution >= 4 is 46.2 Å². The quantitative estimate of drug-likeness (QED) is 0.515. The average molecular weight is 401 g/mol. The predicted molar refractivity (Wildman–Crippen MR) is 93.5 cm³/mol.